The summed E-state index contributed by atoms with van der Waals surface area (Å²) in [5.74, 6) is 0.513. The smallest absolute Gasteiger partial charge is 0.228 e. The van der Waals surface area contributed by atoms with Gasteiger partial charge in [0.1, 0.15) is 0 Å². The number of amides is 1. The predicted octanol–water partition coefficient (Wildman–Crippen LogP) is 3.55. The molecule has 1 atom stereocenters. The van der Waals surface area contributed by atoms with Gasteiger partial charge >= 0.3 is 0 Å². The first-order chi connectivity index (χ1) is 14.3. The average Bonchev–Trinajstić information content (AvgIpc) is 3.41. The molecular weight excluding hydrogens is 382 g/mol. The van der Waals surface area contributed by atoms with Crippen LogP contribution in [0.3, 0.4) is 0 Å². The Morgan fingerprint density at radius 2 is 2.00 bits per heavy atom. The zero-order valence-electron chi connectivity index (χ0n) is 16.5. The number of rotatable bonds is 4. The lowest BCUT2D eigenvalue weighted by molar-refractivity contribution is -0.131. The van der Waals surface area contributed by atoms with Crippen LogP contribution in [0.1, 0.15) is 52.9 Å². The van der Waals surface area contributed by atoms with Crippen LogP contribution in [0.25, 0.3) is 5.69 Å². The molecule has 29 heavy (non-hydrogen) atoms. The minimum Gasteiger partial charge on any atom is -0.342 e. The van der Waals surface area contributed by atoms with Crippen LogP contribution in [-0.2, 0) is 24.1 Å². The van der Waals surface area contributed by atoms with E-state index in [2.05, 4.69) is 10.2 Å². The maximum atomic E-state index is 12.9. The van der Waals surface area contributed by atoms with Gasteiger partial charge in [0.05, 0.1) is 34.7 Å². The van der Waals surface area contributed by atoms with E-state index >= 15 is 0 Å². The molecule has 6 nitrogen and oxygen atoms in total. The summed E-state index contributed by atoms with van der Waals surface area (Å²) in [7, 11) is 0. The second kappa shape index (κ2) is 8.06. The molecule has 1 unspecified atom stereocenters. The lowest BCUT2D eigenvalue weighted by atomic mass is 9.98. The molecule has 1 amide bonds. The van der Waals surface area contributed by atoms with Gasteiger partial charge in [-0.3, -0.25) is 4.79 Å². The Hall–Kier alpha value is -2.54. The fraction of sp³-hybridized carbons (Fsp3) is 0.455. The highest BCUT2D eigenvalue weighted by atomic mass is 32.1. The molecular formula is C22H25N5OS. The van der Waals surface area contributed by atoms with E-state index in [4.69, 9.17) is 4.98 Å². The molecule has 0 N–H and O–H groups in total. The molecule has 0 bridgehead atoms. The summed E-state index contributed by atoms with van der Waals surface area (Å²) in [6, 6.07) is 9.77. The molecule has 1 fully saturated rings. The summed E-state index contributed by atoms with van der Waals surface area (Å²) < 4.78 is 0. The Kier molecular flexibility index (Phi) is 5.14. The van der Waals surface area contributed by atoms with Crippen molar-refractivity contribution in [2.75, 3.05) is 13.1 Å². The quantitative estimate of drug-likeness (QED) is 0.663. The van der Waals surface area contributed by atoms with Crippen LogP contribution in [-0.4, -0.2) is 43.9 Å². The number of hydrogen-bond donors (Lipinski definition) is 0. The summed E-state index contributed by atoms with van der Waals surface area (Å²) in [5.41, 5.74) is 2.93. The zero-order chi connectivity index (χ0) is 19.6. The Bertz CT molecular complexity index is 972. The molecule has 1 saturated heterocycles. The number of likely N-dealkylation sites (tertiary alicyclic amines) is 1. The van der Waals surface area contributed by atoms with Crippen LogP contribution in [0, 0.1) is 0 Å². The van der Waals surface area contributed by atoms with Gasteiger partial charge in [-0.2, -0.15) is 15.0 Å². The number of aryl methyl sites for hydroxylation is 2. The molecule has 3 heterocycles. The average molecular weight is 408 g/mol. The van der Waals surface area contributed by atoms with Crippen molar-refractivity contribution in [2.45, 2.75) is 50.9 Å². The first-order valence-corrected chi connectivity index (χ1v) is 11.3. The number of carbonyl (C=O) groups excluding carboxylic acids is 1. The third-order valence-electron chi connectivity index (χ3n) is 5.84. The highest BCUT2D eigenvalue weighted by molar-refractivity contribution is 7.11. The number of carbonyl (C=O) groups is 1. The third-order valence-corrected chi connectivity index (χ3v) is 7.16. The van der Waals surface area contributed by atoms with E-state index in [9.17, 15) is 4.79 Å². The van der Waals surface area contributed by atoms with E-state index < -0.39 is 0 Å². The molecule has 3 aromatic rings. The van der Waals surface area contributed by atoms with E-state index in [0.717, 1.165) is 38.0 Å². The van der Waals surface area contributed by atoms with E-state index in [1.807, 2.05) is 46.6 Å². The lowest BCUT2D eigenvalue weighted by Gasteiger charge is -2.31. The van der Waals surface area contributed by atoms with Gasteiger partial charge in [0.15, 0.2) is 0 Å². The van der Waals surface area contributed by atoms with Crippen LogP contribution in [0.5, 0.6) is 0 Å². The van der Waals surface area contributed by atoms with Crippen LogP contribution < -0.4 is 0 Å². The molecule has 2 aliphatic rings. The Labute approximate surface area is 174 Å². The topological polar surface area (TPSA) is 63.9 Å². The first kappa shape index (κ1) is 18.5. The molecule has 0 spiro atoms. The van der Waals surface area contributed by atoms with Gasteiger partial charge in [0.2, 0.25) is 5.91 Å². The number of nitrogens with zero attached hydrogens (tertiary/aromatic N) is 5. The van der Waals surface area contributed by atoms with Gasteiger partial charge in [-0.25, -0.2) is 4.98 Å². The van der Waals surface area contributed by atoms with Gasteiger partial charge < -0.3 is 4.90 Å². The standard InChI is InChI=1S/C22H25N5OS/c28-21(13-17-14-23-27(25-17)18-8-2-1-3-9-18)26-12-6-7-16(15-26)22-24-19-10-4-5-11-20(19)29-22/h1-3,8-9,14,16H,4-7,10-13,15H2. The molecule has 5 rings (SSSR count). The molecule has 1 aliphatic carbocycles. The summed E-state index contributed by atoms with van der Waals surface area (Å²) in [6.07, 6.45) is 9.01. The number of piperidine rings is 1. The van der Waals surface area contributed by atoms with Crippen molar-refractivity contribution in [3.63, 3.8) is 0 Å². The molecule has 1 aromatic carbocycles. The van der Waals surface area contributed by atoms with Crippen molar-refractivity contribution in [3.05, 3.63) is 57.8 Å². The summed E-state index contributed by atoms with van der Waals surface area (Å²) in [6.45, 7) is 1.60. The third kappa shape index (κ3) is 3.96. The van der Waals surface area contributed by atoms with Crippen molar-refractivity contribution >= 4 is 17.2 Å². The molecule has 0 radical (unpaired) electrons. The summed E-state index contributed by atoms with van der Waals surface area (Å²) >= 11 is 1.89. The maximum absolute atomic E-state index is 12.9. The maximum Gasteiger partial charge on any atom is 0.228 e. The Morgan fingerprint density at radius 1 is 1.14 bits per heavy atom. The number of para-hydroxylation sites is 1. The van der Waals surface area contributed by atoms with Crippen molar-refractivity contribution in [2.24, 2.45) is 0 Å². The minimum absolute atomic E-state index is 0.135. The minimum atomic E-state index is 0.135. The number of hydrogen-bond acceptors (Lipinski definition) is 5. The second-order valence-corrected chi connectivity index (χ2v) is 9.06. The van der Waals surface area contributed by atoms with E-state index in [0.29, 0.717) is 18.0 Å². The first-order valence-electron chi connectivity index (χ1n) is 10.5. The van der Waals surface area contributed by atoms with Crippen LogP contribution >= 0.6 is 11.3 Å². The number of fused-ring (bicyclic) bond motifs is 1. The Morgan fingerprint density at radius 3 is 2.86 bits per heavy atom. The summed E-state index contributed by atoms with van der Waals surface area (Å²) in [5, 5.41) is 10.0. The molecule has 150 valence electrons. The van der Waals surface area contributed by atoms with Crippen LogP contribution in [0.2, 0.25) is 0 Å². The van der Waals surface area contributed by atoms with E-state index in [-0.39, 0.29) is 5.91 Å². The SMILES string of the molecule is O=C(Cc1cnn(-c2ccccc2)n1)N1CCCC(c2nc3c(s2)CCCC3)C1. The molecule has 0 saturated carbocycles. The number of aromatic nitrogens is 4. The van der Waals surface area contributed by atoms with Gasteiger partial charge in [0, 0.05) is 23.9 Å². The fourth-order valence-electron chi connectivity index (χ4n) is 4.28. The zero-order valence-corrected chi connectivity index (χ0v) is 17.3. The van der Waals surface area contributed by atoms with Crippen LogP contribution in [0.4, 0.5) is 0 Å². The normalized spacial score (nSPS) is 19.2. The molecule has 2 aromatic heterocycles. The summed E-state index contributed by atoms with van der Waals surface area (Å²) in [4.78, 5) is 22.9. The highest BCUT2D eigenvalue weighted by Gasteiger charge is 2.28. The number of thiazole rings is 1. The number of benzene rings is 1. The van der Waals surface area contributed by atoms with Crippen molar-refractivity contribution in [1.82, 2.24) is 24.9 Å². The largest absolute Gasteiger partial charge is 0.342 e. The van der Waals surface area contributed by atoms with Crippen molar-refractivity contribution < 1.29 is 4.79 Å². The van der Waals surface area contributed by atoms with Crippen molar-refractivity contribution in [1.29, 1.82) is 0 Å². The van der Waals surface area contributed by atoms with Crippen molar-refractivity contribution in [3.8, 4) is 5.69 Å². The van der Waals surface area contributed by atoms with E-state index in [1.165, 1.54) is 34.8 Å². The van der Waals surface area contributed by atoms with Gasteiger partial charge in [0.25, 0.3) is 0 Å². The Balaban J connectivity index is 1.24. The van der Waals surface area contributed by atoms with Gasteiger partial charge in [-0.1, -0.05) is 18.2 Å². The second-order valence-electron chi connectivity index (χ2n) is 7.95. The lowest BCUT2D eigenvalue weighted by Crippen LogP contribution is -2.40. The van der Waals surface area contributed by atoms with Gasteiger partial charge in [-0.05, 0) is 50.7 Å². The fourth-order valence-corrected chi connectivity index (χ4v) is 5.56. The predicted molar refractivity (Wildman–Crippen MR) is 112 cm³/mol. The molecule has 1 aliphatic heterocycles. The molecule has 7 heteroatoms. The van der Waals surface area contributed by atoms with Crippen LogP contribution in [0.15, 0.2) is 36.5 Å². The van der Waals surface area contributed by atoms with Gasteiger partial charge in [-0.15, -0.1) is 11.3 Å². The monoisotopic (exact) mass is 407 g/mol. The highest BCUT2D eigenvalue weighted by Crippen LogP contribution is 2.34. The van der Waals surface area contributed by atoms with E-state index in [1.54, 1.807) is 11.0 Å².